The number of rotatable bonds is 6. The Morgan fingerprint density at radius 1 is 0.846 bits per heavy atom. The van der Waals surface area contributed by atoms with Gasteiger partial charge in [0.05, 0.1) is 32.9 Å². The molecule has 1 saturated heterocycles. The number of nitrogens with zero attached hydrogens (tertiary/aromatic N) is 1. The van der Waals surface area contributed by atoms with Crippen molar-refractivity contribution in [3.8, 4) is 17.2 Å². The highest BCUT2D eigenvalue weighted by molar-refractivity contribution is 5.51. The zero-order valence-corrected chi connectivity index (χ0v) is 15.8. The molecule has 0 saturated carbocycles. The van der Waals surface area contributed by atoms with Crippen LogP contribution in [0.15, 0.2) is 42.5 Å². The van der Waals surface area contributed by atoms with Gasteiger partial charge in [0.25, 0.3) is 0 Å². The van der Waals surface area contributed by atoms with Gasteiger partial charge in [0.1, 0.15) is 17.2 Å². The normalized spacial score (nSPS) is 16.6. The van der Waals surface area contributed by atoms with Crippen molar-refractivity contribution in [2.45, 2.75) is 12.5 Å². The Hall–Kier alpha value is -2.24. The fraction of sp³-hybridized carbons (Fsp3) is 0.429. The molecule has 0 amide bonds. The number of ether oxygens (including phenoxy) is 3. The molecule has 0 bridgehead atoms. The van der Waals surface area contributed by atoms with Crippen LogP contribution in [0.25, 0.3) is 0 Å². The summed E-state index contributed by atoms with van der Waals surface area (Å²) in [6.45, 7) is 4.02. The van der Waals surface area contributed by atoms with Gasteiger partial charge in [-0.2, -0.15) is 0 Å². The third kappa shape index (κ3) is 3.94. The van der Waals surface area contributed by atoms with Gasteiger partial charge >= 0.3 is 0 Å². The molecule has 0 radical (unpaired) electrons. The van der Waals surface area contributed by atoms with Gasteiger partial charge in [-0.25, -0.2) is 0 Å². The van der Waals surface area contributed by atoms with Gasteiger partial charge in [0.2, 0.25) is 0 Å². The van der Waals surface area contributed by atoms with Crippen LogP contribution >= 0.6 is 0 Å². The van der Waals surface area contributed by atoms with Gasteiger partial charge in [0, 0.05) is 19.6 Å². The van der Waals surface area contributed by atoms with E-state index in [0.29, 0.717) is 0 Å². The van der Waals surface area contributed by atoms with E-state index >= 15 is 0 Å². The summed E-state index contributed by atoms with van der Waals surface area (Å²) in [4.78, 5) is 2.50. The monoisotopic (exact) mass is 356 g/mol. The number of hydrogen-bond donors (Lipinski definition) is 1. The van der Waals surface area contributed by atoms with Crippen LogP contribution in [0, 0.1) is 0 Å². The topological polar surface area (TPSA) is 43.0 Å². The smallest absolute Gasteiger partial charge is 0.127 e. The Morgan fingerprint density at radius 2 is 1.54 bits per heavy atom. The van der Waals surface area contributed by atoms with Crippen molar-refractivity contribution in [1.29, 1.82) is 0 Å². The first-order valence-electron chi connectivity index (χ1n) is 9.08. The van der Waals surface area contributed by atoms with Gasteiger partial charge in [-0.3, -0.25) is 4.90 Å². The molecule has 1 aliphatic rings. The first kappa shape index (κ1) is 18.5. The third-order valence-electron chi connectivity index (χ3n) is 4.91. The fourth-order valence-electron chi connectivity index (χ4n) is 3.62. The Labute approximate surface area is 155 Å². The molecule has 1 unspecified atom stereocenters. The predicted octanol–water partition coefficient (Wildman–Crippen LogP) is 3.10. The maximum atomic E-state index is 5.71. The minimum absolute atomic E-state index is 0.0620. The molecule has 1 N–H and O–H groups in total. The molecular formula is C21H28N2O3. The molecular weight excluding hydrogens is 328 g/mol. The van der Waals surface area contributed by atoms with Crippen LogP contribution in [-0.2, 0) is 0 Å². The summed E-state index contributed by atoms with van der Waals surface area (Å²) in [7, 11) is 5.12. The number of nitrogens with one attached hydrogen (secondary N) is 1. The molecule has 3 rings (SSSR count). The van der Waals surface area contributed by atoms with E-state index in [9.17, 15) is 0 Å². The predicted molar refractivity (Wildman–Crippen MR) is 103 cm³/mol. The van der Waals surface area contributed by atoms with E-state index in [2.05, 4.69) is 22.3 Å². The zero-order chi connectivity index (χ0) is 18.4. The van der Waals surface area contributed by atoms with Gasteiger partial charge in [0.15, 0.2) is 0 Å². The van der Waals surface area contributed by atoms with E-state index in [1.807, 2.05) is 30.3 Å². The zero-order valence-electron chi connectivity index (χ0n) is 15.8. The van der Waals surface area contributed by atoms with Gasteiger partial charge in [-0.15, -0.1) is 0 Å². The third-order valence-corrected chi connectivity index (χ3v) is 4.91. The average molecular weight is 356 g/mol. The number of benzene rings is 2. The molecule has 1 aliphatic heterocycles. The lowest BCUT2D eigenvalue weighted by Crippen LogP contribution is -2.33. The van der Waals surface area contributed by atoms with Crippen LogP contribution in [0.5, 0.6) is 17.2 Å². The highest BCUT2D eigenvalue weighted by Crippen LogP contribution is 2.41. The van der Waals surface area contributed by atoms with Crippen LogP contribution in [0.3, 0.4) is 0 Å². The summed E-state index contributed by atoms with van der Waals surface area (Å²) < 4.78 is 16.8. The molecule has 0 spiro atoms. The van der Waals surface area contributed by atoms with Gasteiger partial charge < -0.3 is 19.5 Å². The van der Waals surface area contributed by atoms with Crippen molar-refractivity contribution < 1.29 is 14.2 Å². The standard InChI is InChI=1S/C21H28N2O3/c1-24-17-10-8-16(9-11-17)21(23-14-5-12-22-13-15-23)20-18(25-2)6-4-7-19(20)26-3/h4,6-11,21-22H,5,12-15H2,1-3H3. The van der Waals surface area contributed by atoms with Gasteiger partial charge in [-0.1, -0.05) is 18.2 Å². The van der Waals surface area contributed by atoms with Crippen LogP contribution in [0.2, 0.25) is 0 Å². The molecule has 26 heavy (non-hydrogen) atoms. The first-order chi connectivity index (χ1) is 12.8. The minimum Gasteiger partial charge on any atom is -0.497 e. The Morgan fingerprint density at radius 3 is 2.15 bits per heavy atom. The van der Waals surface area contributed by atoms with Crippen molar-refractivity contribution in [2.24, 2.45) is 0 Å². The van der Waals surface area contributed by atoms with E-state index in [1.54, 1.807) is 21.3 Å². The van der Waals surface area contributed by atoms with E-state index in [4.69, 9.17) is 14.2 Å². The molecule has 140 valence electrons. The van der Waals surface area contributed by atoms with E-state index in [1.165, 1.54) is 5.56 Å². The number of methoxy groups -OCH3 is 3. The van der Waals surface area contributed by atoms with Crippen molar-refractivity contribution in [1.82, 2.24) is 10.2 Å². The molecule has 0 aliphatic carbocycles. The highest BCUT2D eigenvalue weighted by atomic mass is 16.5. The van der Waals surface area contributed by atoms with Crippen molar-refractivity contribution in [2.75, 3.05) is 47.5 Å². The summed E-state index contributed by atoms with van der Waals surface area (Å²) in [5.74, 6) is 2.56. The van der Waals surface area contributed by atoms with Crippen molar-refractivity contribution in [3.05, 3.63) is 53.6 Å². The van der Waals surface area contributed by atoms with E-state index in [0.717, 1.165) is 55.4 Å². The summed E-state index contributed by atoms with van der Waals surface area (Å²) in [5, 5.41) is 3.49. The van der Waals surface area contributed by atoms with Gasteiger partial charge in [-0.05, 0) is 42.8 Å². The molecule has 2 aromatic rings. The molecule has 5 nitrogen and oxygen atoms in total. The largest absolute Gasteiger partial charge is 0.497 e. The summed E-state index contributed by atoms with van der Waals surface area (Å²) in [6.07, 6.45) is 1.12. The van der Waals surface area contributed by atoms with Crippen LogP contribution in [0.4, 0.5) is 0 Å². The lowest BCUT2D eigenvalue weighted by molar-refractivity contribution is 0.231. The second-order valence-electron chi connectivity index (χ2n) is 6.39. The Bertz CT molecular complexity index is 673. The lowest BCUT2D eigenvalue weighted by atomic mass is 9.94. The summed E-state index contributed by atoms with van der Waals surface area (Å²) >= 11 is 0. The SMILES string of the molecule is COc1ccc(C(c2c(OC)cccc2OC)N2CCCNCC2)cc1. The average Bonchev–Trinajstić information content (AvgIpc) is 2.98. The first-order valence-corrected chi connectivity index (χ1v) is 9.08. The maximum Gasteiger partial charge on any atom is 0.127 e. The van der Waals surface area contributed by atoms with Crippen LogP contribution < -0.4 is 19.5 Å². The number of hydrogen-bond acceptors (Lipinski definition) is 5. The van der Waals surface area contributed by atoms with E-state index in [-0.39, 0.29) is 6.04 Å². The molecule has 0 aromatic heterocycles. The summed E-state index contributed by atoms with van der Waals surface area (Å²) in [5.41, 5.74) is 2.28. The summed E-state index contributed by atoms with van der Waals surface area (Å²) in [6, 6.07) is 14.3. The maximum absolute atomic E-state index is 5.71. The lowest BCUT2D eigenvalue weighted by Gasteiger charge is -2.33. The molecule has 1 atom stereocenters. The van der Waals surface area contributed by atoms with E-state index < -0.39 is 0 Å². The Balaban J connectivity index is 2.10. The Kier molecular flexibility index (Phi) is 6.36. The van der Waals surface area contributed by atoms with Crippen molar-refractivity contribution in [3.63, 3.8) is 0 Å². The molecule has 5 heteroatoms. The molecule has 2 aromatic carbocycles. The van der Waals surface area contributed by atoms with Crippen LogP contribution in [-0.4, -0.2) is 52.4 Å². The fourth-order valence-corrected chi connectivity index (χ4v) is 3.62. The minimum atomic E-state index is 0.0620. The molecule has 1 heterocycles. The van der Waals surface area contributed by atoms with Crippen molar-refractivity contribution >= 4 is 0 Å². The second-order valence-corrected chi connectivity index (χ2v) is 6.39. The second kappa shape index (κ2) is 8.92. The quantitative estimate of drug-likeness (QED) is 0.862. The van der Waals surface area contributed by atoms with Crippen LogP contribution in [0.1, 0.15) is 23.6 Å². The molecule has 1 fully saturated rings. The highest BCUT2D eigenvalue weighted by Gasteiger charge is 2.29.